The average Bonchev–Trinajstić information content (AvgIpc) is 3.21. The number of aliphatic hydroxyl groups excluding tert-OH is 9. The summed E-state index contributed by atoms with van der Waals surface area (Å²) < 4.78 is 45.1. The molecule has 0 saturated carbocycles. The second kappa shape index (κ2) is 18.7. The first-order chi connectivity index (χ1) is 28.8. The number of carboxylic acids is 1. The minimum Gasteiger partial charge on any atom is -0.508 e. The summed E-state index contributed by atoms with van der Waals surface area (Å²) in [5.74, 6) is -5.67. The van der Waals surface area contributed by atoms with Crippen LogP contribution in [0.2, 0.25) is 0 Å². The topological polar surface area (TPSA) is 392 Å². The van der Waals surface area contributed by atoms with Gasteiger partial charge in [-0.3, -0.25) is 9.59 Å². The van der Waals surface area contributed by atoms with Gasteiger partial charge in [-0.05, 0) is 31.2 Å². The number of hydrogen-bond acceptors (Lipinski definition) is 23. The number of aliphatic carboxylic acids is 1. The van der Waals surface area contributed by atoms with E-state index in [0.717, 1.165) is 12.1 Å². The highest BCUT2D eigenvalue weighted by molar-refractivity contribution is 5.88. The number of esters is 1. The lowest BCUT2D eigenvalue weighted by Gasteiger charge is -2.46. The lowest BCUT2D eigenvalue weighted by Crippen LogP contribution is -2.65. The van der Waals surface area contributed by atoms with E-state index in [9.17, 15) is 75.7 Å². The lowest BCUT2D eigenvalue weighted by atomic mass is 9.97. The number of aliphatic hydroxyl groups is 9. The van der Waals surface area contributed by atoms with Crippen molar-refractivity contribution >= 4 is 22.9 Å². The molecule has 3 aliphatic heterocycles. The minimum absolute atomic E-state index is 0.0538. The molecular weight excluding hydrogens is 828 g/mol. The van der Waals surface area contributed by atoms with E-state index in [2.05, 4.69) is 0 Å². The molecule has 2 aromatic carbocycles. The SMILES string of the molecule is CC1OC(OCC2OC(Oc3c(-c4ccc(O)cc4)oc4cc(O)cc(O)c4c3=O)C(OC3OC(COC(=O)CC(O)C(=O)O)C(O)C(O)C3O)C(O)C2O)C(O)C(O)C1O. The Kier molecular flexibility index (Phi) is 14.0. The van der Waals surface area contributed by atoms with E-state index in [1.807, 2.05) is 0 Å². The van der Waals surface area contributed by atoms with Gasteiger partial charge in [-0.1, -0.05) is 0 Å². The Bertz CT molecular complexity index is 2080. The quantitative estimate of drug-likeness (QED) is 0.0724. The Morgan fingerprint density at radius 1 is 0.721 bits per heavy atom. The molecule has 13 N–H and O–H groups in total. The summed E-state index contributed by atoms with van der Waals surface area (Å²) in [6.07, 6.45) is -31.1. The zero-order chi connectivity index (χ0) is 44.6. The Balaban J connectivity index is 1.35. The van der Waals surface area contributed by atoms with Crippen LogP contribution in [0.3, 0.4) is 0 Å². The fraction of sp³-hybridized carbons (Fsp3) is 0.541. The standard InChI is InChI=1S/C37H44O24/c1-11-22(43)26(47)29(50)35(56-11)55-10-19-24(45)28(49)33(61-36-30(51)27(48)23(44)18(58-36)9-54-20(42)8-16(41)34(52)53)37(59-19)60-32-25(46)21-15(40)6-14(39)7-17(21)57-31(32)12-2-4-13(38)5-3-12/h2-7,11,16,18-19,22-24,26-30,33,35-41,43-45,47-51H,8-10H2,1H3,(H,52,53). The van der Waals surface area contributed by atoms with E-state index in [4.69, 9.17) is 42.7 Å². The lowest BCUT2D eigenvalue weighted by molar-refractivity contribution is -0.362. The molecule has 336 valence electrons. The van der Waals surface area contributed by atoms with Crippen molar-refractivity contribution in [2.75, 3.05) is 13.2 Å². The van der Waals surface area contributed by atoms with E-state index < -0.39 is 164 Å². The summed E-state index contributed by atoms with van der Waals surface area (Å²) in [5, 5.41) is 134. The number of carbonyl (C=O) groups is 2. The maximum Gasteiger partial charge on any atom is 0.333 e. The van der Waals surface area contributed by atoms with Crippen LogP contribution < -0.4 is 10.2 Å². The van der Waals surface area contributed by atoms with Gasteiger partial charge in [0.1, 0.15) is 95.9 Å². The first-order valence-corrected chi connectivity index (χ1v) is 18.5. The molecule has 0 radical (unpaired) electrons. The van der Waals surface area contributed by atoms with Crippen LogP contribution in [0.1, 0.15) is 13.3 Å². The van der Waals surface area contributed by atoms with E-state index in [0.29, 0.717) is 0 Å². The molecule has 16 unspecified atom stereocenters. The van der Waals surface area contributed by atoms with Gasteiger partial charge >= 0.3 is 11.9 Å². The van der Waals surface area contributed by atoms with Crippen LogP contribution >= 0.6 is 0 Å². The van der Waals surface area contributed by atoms with Crippen molar-refractivity contribution in [3.8, 4) is 34.3 Å². The van der Waals surface area contributed by atoms with Crippen molar-refractivity contribution in [2.45, 2.75) is 112 Å². The molecule has 24 nitrogen and oxygen atoms in total. The Hall–Kier alpha value is -4.77. The highest BCUT2D eigenvalue weighted by Gasteiger charge is 2.53. The zero-order valence-electron chi connectivity index (χ0n) is 31.6. The predicted octanol–water partition coefficient (Wildman–Crippen LogP) is -4.18. The zero-order valence-corrected chi connectivity index (χ0v) is 31.6. The van der Waals surface area contributed by atoms with E-state index in [-0.39, 0.29) is 16.9 Å². The number of phenols is 3. The van der Waals surface area contributed by atoms with Crippen LogP contribution in [-0.2, 0) is 38.0 Å². The molecule has 3 aliphatic rings. The summed E-state index contributed by atoms with van der Waals surface area (Å²) in [4.78, 5) is 37.2. The average molecular weight is 873 g/mol. The summed E-state index contributed by atoms with van der Waals surface area (Å²) in [6.45, 7) is -0.307. The molecule has 0 spiro atoms. The van der Waals surface area contributed by atoms with Gasteiger partial charge in [-0.25, -0.2) is 4.79 Å². The smallest absolute Gasteiger partial charge is 0.333 e. The molecule has 0 amide bonds. The number of carboxylic acid groups (broad SMARTS) is 1. The highest BCUT2D eigenvalue weighted by atomic mass is 16.8. The number of benzene rings is 2. The van der Waals surface area contributed by atoms with Gasteiger partial charge in [-0.2, -0.15) is 0 Å². The number of phenolic OH excluding ortho intramolecular Hbond substituents is 3. The van der Waals surface area contributed by atoms with Gasteiger partial charge in [-0.15, -0.1) is 0 Å². The van der Waals surface area contributed by atoms with Gasteiger partial charge in [0, 0.05) is 17.7 Å². The van der Waals surface area contributed by atoms with Crippen molar-refractivity contribution < 1.29 is 114 Å². The maximum atomic E-state index is 14.2. The van der Waals surface area contributed by atoms with Crippen LogP contribution in [0.15, 0.2) is 45.6 Å². The van der Waals surface area contributed by atoms with Gasteiger partial charge in [0.2, 0.25) is 17.5 Å². The predicted molar refractivity (Wildman–Crippen MR) is 193 cm³/mol. The van der Waals surface area contributed by atoms with Crippen LogP contribution in [0.5, 0.6) is 23.0 Å². The number of ether oxygens (including phenoxy) is 7. The third-order valence-corrected chi connectivity index (χ3v) is 10.2. The number of aromatic hydroxyl groups is 3. The largest absolute Gasteiger partial charge is 0.508 e. The van der Waals surface area contributed by atoms with Gasteiger partial charge in [0.05, 0.1) is 19.1 Å². The normalized spacial score (nSPS) is 34.8. The summed E-state index contributed by atoms with van der Waals surface area (Å²) in [6, 6.07) is 6.82. The van der Waals surface area contributed by atoms with E-state index >= 15 is 0 Å². The molecule has 4 heterocycles. The minimum atomic E-state index is -2.18. The first-order valence-electron chi connectivity index (χ1n) is 18.5. The monoisotopic (exact) mass is 872 g/mol. The fourth-order valence-electron chi connectivity index (χ4n) is 6.72. The summed E-state index contributed by atoms with van der Waals surface area (Å²) in [7, 11) is 0. The number of carbonyl (C=O) groups excluding carboxylic acids is 1. The third kappa shape index (κ3) is 9.67. The van der Waals surface area contributed by atoms with Crippen LogP contribution in [0.25, 0.3) is 22.3 Å². The Morgan fingerprint density at radius 3 is 2.00 bits per heavy atom. The van der Waals surface area contributed by atoms with E-state index in [1.165, 1.54) is 31.2 Å². The van der Waals surface area contributed by atoms with Gasteiger partial charge < -0.3 is 104 Å². The molecule has 1 aromatic heterocycles. The number of fused-ring (bicyclic) bond motifs is 1. The fourth-order valence-corrected chi connectivity index (χ4v) is 6.72. The number of hydrogen-bond donors (Lipinski definition) is 13. The highest BCUT2D eigenvalue weighted by Crippen LogP contribution is 2.39. The second-order valence-corrected chi connectivity index (χ2v) is 14.5. The molecule has 24 heteroatoms. The summed E-state index contributed by atoms with van der Waals surface area (Å²) >= 11 is 0. The van der Waals surface area contributed by atoms with Crippen LogP contribution in [0, 0.1) is 0 Å². The Labute approximate surface area is 342 Å². The molecule has 3 fully saturated rings. The first kappa shape index (κ1) is 45.7. The van der Waals surface area contributed by atoms with Crippen molar-refractivity contribution in [3.63, 3.8) is 0 Å². The molecule has 0 aliphatic carbocycles. The molecule has 61 heavy (non-hydrogen) atoms. The number of rotatable bonds is 13. The molecule has 16 atom stereocenters. The molecule has 6 rings (SSSR count). The molecule has 3 saturated heterocycles. The second-order valence-electron chi connectivity index (χ2n) is 14.5. The van der Waals surface area contributed by atoms with Gasteiger partial charge in [0.15, 0.2) is 30.5 Å². The maximum absolute atomic E-state index is 14.2. The van der Waals surface area contributed by atoms with Gasteiger partial charge in [0.25, 0.3) is 0 Å². The molecular formula is C37H44O24. The van der Waals surface area contributed by atoms with Crippen molar-refractivity contribution in [2.24, 2.45) is 0 Å². The van der Waals surface area contributed by atoms with Crippen LogP contribution in [-0.4, -0.2) is 190 Å². The van der Waals surface area contributed by atoms with E-state index in [1.54, 1.807) is 0 Å². The van der Waals surface area contributed by atoms with Crippen LogP contribution in [0.4, 0.5) is 0 Å². The summed E-state index contributed by atoms with van der Waals surface area (Å²) in [5.41, 5.74) is -1.40. The van der Waals surface area contributed by atoms with Crippen molar-refractivity contribution in [3.05, 3.63) is 46.6 Å². The third-order valence-electron chi connectivity index (χ3n) is 10.2. The van der Waals surface area contributed by atoms with Crippen molar-refractivity contribution in [1.29, 1.82) is 0 Å². The molecule has 3 aromatic rings. The molecule has 0 bridgehead atoms. The Morgan fingerprint density at radius 2 is 1.33 bits per heavy atom. The van der Waals surface area contributed by atoms with Crippen molar-refractivity contribution in [1.82, 2.24) is 0 Å².